The van der Waals surface area contributed by atoms with Crippen molar-refractivity contribution in [1.82, 2.24) is 4.72 Å². The van der Waals surface area contributed by atoms with E-state index < -0.39 is 16.1 Å². The van der Waals surface area contributed by atoms with Crippen molar-refractivity contribution >= 4 is 15.8 Å². The summed E-state index contributed by atoms with van der Waals surface area (Å²) in [5, 5.41) is 0. The number of aryl methyl sites for hydroxylation is 1. The summed E-state index contributed by atoms with van der Waals surface area (Å²) in [4.78, 5) is 13.0. The quantitative estimate of drug-likeness (QED) is 0.563. The van der Waals surface area contributed by atoms with E-state index in [1.807, 2.05) is 37.3 Å². The lowest BCUT2D eigenvalue weighted by atomic mass is 9.99. The molecule has 6 heteroatoms. The summed E-state index contributed by atoms with van der Waals surface area (Å²) >= 11 is 0. The summed E-state index contributed by atoms with van der Waals surface area (Å²) in [7, 11) is -2.23. The van der Waals surface area contributed by atoms with Gasteiger partial charge in [0.25, 0.3) is 0 Å². The van der Waals surface area contributed by atoms with E-state index in [2.05, 4.69) is 4.72 Å². The lowest BCUT2D eigenvalue weighted by Gasteiger charge is -2.19. The normalized spacial score (nSPS) is 12.3. The number of carbonyl (C=O) groups excluding carboxylic acids is 1. The smallest absolute Gasteiger partial charge is 0.241 e. The van der Waals surface area contributed by atoms with E-state index in [0.717, 1.165) is 11.1 Å². The van der Waals surface area contributed by atoms with Crippen LogP contribution in [0.4, 0.5) is 0 Å². The fourth-order valence-corrected chi connectivity index (χ4v) is 4.19. The lowest BCUT2D eigenvalue weighted by molar-refractivity contribution is 0.0972. The van der Waals surface area contributed by atoms with Crippen molar-refractivity contribution in [2.45, 2.75) is 24.3 Å². The first-order chi connectivity index (χ1) is 13.9. The van der Waals surface area contributed by atoms with Gasteiger partial charge in [-0.05, 0) is 48.9 Å². The van der Waals surface area contributed by atoms with E-state index in [1.54, 1.807) is 55.6 Å². The maximum Gasteiger partial charge on any atom is 0.241 e. The average Bonchev–Trinajstić information content (AvgIpc) is 2.74. The number of carbonyl (C=O) groups is 1. The number of hydrogen-bond donors (Lipinski definition) is 1. The number of benzene rings is 3. The minimum Gasteiger partial charge on any atom is -0.497 e. The third-order valence-corrected chi connectivity index (χ3v) is 6.12. The Labute approximate surface area is 171 Å². The molecule has 1 atom stereocenters. The summed E-state index contributed by atoms with van der Waals surface area (Å²) in [6, 6.07) is 21.8. The van der Waals surface area contributed by atoms with Crippen molar-refractivity contribution in [2.75, 3.05) is 7.11 Å². The van der Waals surface area contributed by atoms with Crippen LogP contribution in [0.5, 0.6) is 5.75 Å². The van der Waals surface area contributed by atoms with Crippen molar-refractivity contribution in [3.63, 3.8) is 0 Å². The van der Waals surface area contributed by atoms with Crippen LogP contribution in [0.1, 0.15) is 33.9 Å². The highest BCUT2D eigenvalue weighted by Gasteiger charge is 2.24. The Kier molecular flexibility index (Phi) is 6.46. The molecule has 3 aromatic carbocycles. The maximum absolute atomic E-state index is 12.9. The highest BCUT2D eigenvalue weighted by molar-refractivity contribution is 7.89. The Morgan fingerprint density at radius 3 is 2.14 bits per heavy atom. The topological polar surface area (TPSA) is 72.5 Å². The van der Waals surface area contributed by atoms with Crippen LogP contribution in [0.25, 0.3) is 0 Å². The molecule has 0 aliphatic heterocycles. The highest BCUT2D eigenvalue weighted by Crippen LogP contribution is 2.23. The standard InChI is InChI=1S/C23H23NO4S/c1-17-8-14-21(15-9-17)29(26,27)24-22(18-6-4-3-5-7-18)16-23(25)19-10-12-20(28-2)13-11-19/h3-15,22,24H,16H2,1-2H3. The zero-order chi connectivity index (χ0) is 20.9. The van der Waals surface area contributed by atoms with Crippen LogP contribution in [0.2, 0.25) is 0 Å². The van der Waals surface area contributed by atoms with Gasteiger partial charge in [0.1, 0.15) is 5.75 Å². The van der Waals surface area contributed by atoms with Gasteiger partial charge in [0.2, 0.25) is 10.0 Å². The molecule has 3 rings (SSSR count). The molecule has 0 aromatic heterocycles. The fraction of sp³-hybridized carbons (Fsp3) is 0.174. The summed E-state index contributed by atoms with van der Waals surface area (Å²) < 4.78 is 33.6. The maximum atomic E-state index is 12.9. The molecule has 0 aliphatic rings. The Morgan fingerprint density at radius 2 is 1.55 bits per heavy atom. The molecule has 0 radical (unpaired) electrons. The summed E-state index contributed by atoms with van der Waals surface area (Å²) in [5.41, 5.74) is 2.20. The van der Waals surface area contributed by atoms with Crippen molar-refractivity contribution < 1.29 is 17.9 Å². The molecule has 0 saturated carbocycles. The molecule has 29 heavy (non-hydrogen) atoms. The van der Waals surface area contributed by atoms with E-state index in [0.29, 0.717) is 11.3 Å². The largest absolute Gasteiger partial charge is 0.497 e. The Hall–Kier alpha value is -2.96. The first-order valence-corrected chi connectivity index (χ1v) is 10.7. The predicted octanol–water partition coefficient (Wildman–Crippen LogP) is 4.30. The van der Waals surface area contributed by atoms with Gasteiger partial charge >= 0.3 is 0 Å². The first kappa shape index (κ1) is 20.8. The van der Waals surface area contributed by atoms with Gasteiger partial charge in [0, 0.05) is 12.0 Å². The number of nitrogens with one attached hydrogen (secondary N) is 1. The Balaban J connectivity index is 1.86. The molecule has 0 amide bonds. The average molecular weight is 410 g/mol. The number of ether oxygens (including phenoxy) is 1. The van der Waals surface area contributed by atoms with E-state index in [4.69, 9.17) is 4.74 Å². The first-order valence-electron chi connectivity index (χ1n) is 9.20. The molecule has 0 bridgehead atoms. The van der Waals surface area contributed by atoms with Gasteiger partial charge in [0.15, 0.2) is 5.78 Å². The van der Waals surface area contributed by atoms with E-state index in [9.17, 15) is 13.2 Å². The minimum absolute atomic E-state index is 0.00142. The van der Waals surface area contributed by atoms with Crippen molar-refractivity contribution in [3.05, 3.63) is 95.6 Å². The van der Waals surface area contributed by atoms with Gasteiger partial charge in [0.05, 0.1) is 18.0 Å². The fourth-order valence-electron chi connectivity index (χ4n) is 2.97. The van der Waals surface area contributed by atoms with Crippen LogP contribution in [0, 0.1) is 6.92 Å². The van der Waals surface area contributed by atoms with Crippen LogP contribution >= 0.6 is 0 Å². The highest BCUT2D eigenvalue weighted by atomic mass is 32.2. The molecule has 0 saturated heterocycles. The second kappa shape index (κ2) is 9.03. The number of rotatable bonds is 8. The monoisotopic (exact) mass is 409 g/mol. The second-order valence-corrected chi connectivity index (χ2v) is 8.47. The van der Waals surface area contributed by atoms with Crippen molar-refractivity contribution in [3.8, 4) is 5.75 Å². The number of hydrogen-bond acceptors (Lipinski definition) is 4. The molecule has 5 nitrogen and oxygen atoms in total. The zero-order valence-corrected chi connectivity index (χ0v) is 17.1. The molecule has 0 spiro atoms. The van der Waals surface area contributed by atoms with Crippen molar-refractivity contribution in [1.29, 1.82) is 0 Å². The molecule has 0 fully saturated rings. The number of ketones is 1. The van der Waals surface area contributed by atoms with Gasteiger partial charge in [-0.3, -0.25) is 4.79 Å². The molecular formula is C23H23NO4S. The number of methoxy groups -OCH3 is 1. The minimum atomic E-state index is -3.79. The molecular weight excluding hydrogens is 386 g/mol. The van der Waals surface area contributed by atoms with Gasteiger partial charge in [-0.15, -0.1) is 0 Å². The molecule has 0 heterocycles. The van der Waals surface area contributed by atoms with Gasteiger partial charge in [-0.1, -0.05) is 48.0 Å². The van der Waals surface area contributed by atoms with Gasteiger partial charge < -0.3 is 4.74 Å². The van der Waals surface area contributed by atoms with E-state index in [-0.39, 0.29) is 17.1 Å². The third kappa shape index (κ3) is 5.31. The van der Waals surface area contributed by atoms with E-state index in [1.165, 1.54) is 0 Å². The molecule has 1 unspecified atom stereocenters. The molecule has 1 N–H and O–H groups in total. The predicted molar refractivity (Wildman–Crippen MR) is 113 cm³/mol. The molecule has 150 valence electrons. The lowest BCUT2D eigenvalue weighted by Crippen LogP contribution is -2.30. The van der Waals surface area contributed by atoms with Gasteiger partial charge in [-0.25, -0.2) is 13.1 Å². The van der Waals surface area contributed by atoms with Crippen LogP contribution in [-0.2, 0) is 10.0 Å². The Morgan fingerprint density at radius 1 is 0.931 bits per heavy atom. The van der Waals surface area contributed by atoms with Crippen LogP contribution < -0.4 is 9.46 Å². The summed E-state index contributed by atoms with van der Waals surface area (Å²) in [6.45, 7) is 1.89. The van der Waals surface area contributed by atoms with E-state index >= 15 is 0 Å². The van der Waals surface area contributed by atoms with Crippen LogP contribution in [0.15, 0.2) is 83.8 Å². The molecule has 0 aliphatic carbocycles. The number of sulfonamides is 1. The summed E-state index contributed by atoms with van der Waals surface area (Å²) in [6.07, 6.45) is 0.00142. The zero-order valence-electron chi connectivity index (χ0n) is 16.3. The molecule has 3 aromatic rings. The van der Waals surface area contributed by atoms with Gasteiger partial charge in [-0.2, -0.15) is 0 Å². The SMILES string of the molecule is COc1ccc(C(=O)CC(NS(=O)(=O)c2ccc(C)cc2)c2ccccc2)cc1. The third-order valence-electron chi connectivity index (χ3n) is 4.63. The summed E-state index contributed by atoms with van der Waals surface area (Å²) in [5.74, 6) is 0.495. The van der Waals surface area contributed by atoms with Crippen molar-refractivity contribution in [2.24, 2.45) is 0 Å². The van der Waals surface area contributed by atoms with Crippen LogP contribution in [-0.4, -0.2) is 21.3 Å². The Bertz CT molecular complexity index is 1060. The second-order valence-electron chi connectivity index (χ2n) is 6.75. The number of Topliss-reactive ketones (excluding diaryl/α,β-unsaturated/α-hetero) is 1. The van der Waals surface area contributed by atoms with Crippen LogP contribution in [0.3, 0.4) is 0 Å².